The van der Waals surface area contributed by atoms with Crippen LogP contribution in [0.15, 0.2) is 46.9 Å². The van der Waals surface area contributed by atoms with E-state index in [2.05, 4.69) is 15.9 Å². The van der Waals surface area contributed by atoms with E-state index in [0.29, 0.717) is 32.4 Å². The molecule has 0 aliphatic carbocycles. The third-order valence-corrected chi connectivity index (χ3v) is 4.55. The largest absolute Gasteiger partial charge is 0.495 e. The van der Waals surface area contributed by atoms with Gasteiger partial charge < -0.3 is 9.84 Å². The highest BCUT2D eigenvalue weighted by Gasteiger charge is 2.20. The Hall–Kier alpha value is -2.40. The summed E-state index contributed by atoms with van der Waals surface area (Å²) in [6.45, 7) is 1.79. The minimum Gasteiger partial charge on any atom is -0.495 e. The van der Waals surface area contributed by atoms with Gasteiger partial charge >= 0.3 is 5.97 Å². The number of rotatable bonds is 3. The minimum absolute atomic E-state index is 0.261. The maximum atomic E-state index is 11.8. The fraction of sp³-hybridized carbons (Fsp3) is 0.111. The van der Waals surface area contributed by atoms with Gasteiger partial charge in [-0.3, -0.25) is 0 Å². The third kappa shape index (κ3) is 2.57. The molecule has 3 rings (SSSR count). The summed E-state index contributed by atoms with van der Waals surface area (Å²) >= 11 is 3.48. The summed E-state index contributed by atoms with van der Waals surface area (Å²) in [6, 6.07) is 13.0. The maximum absolute atomic E-state index is 11.8. The zero-order valence-electron chi connectivity index (χ0n) is 12.6. The van der Waals surface area contributed by atoms with Gasteiger partial charge in [0, 0.05) is 10.9 Å². The number of hydrogen-bond acceptors (Lipinski definition) is 3. The molecule has 0 amide bonds. The van der Waals surface area contributed by atoms with Crippen molar-refractivity contribution in [1.82, 2.24) is 4.98 Å². The second-order valence-corrected chi connectivity index (χ2v) is 5.90. The van der Waals surface area contributed by atoms with E-state index in [1.165, 1.54) is 0 Å². The minimum atomic E-state index is -0.968. The van der Waals surface area contributed by atoms with Crippen molar-refractivity contribution in [2.24, 2.45) is 0 Å². The number of benzene rings is 2. The van der Waals surface area contributed by atoms with Gasteiger partial charge in [0.25, 0.3) is 0 Å². The highest BCUT2D eigenvalue weighted by Crippen LogP contribution is 2.37. The Morgan fingerprint density at radius 2 is 1.87 bits per heavy atom. The van der Waals surface area contributed by atoms with Crippen molar-refractivity contribution in [2.45, 2.75) is 6.92 Å². The van der Waals surface area contributed by atoms with Crippen LogP contribution >= 0.6 is 15.9 Å². The summed E-state index contributed by atoms with van der Waals surface area (Å²) in [4.78, 5) is 16.5. The van der Waals surface area contributed by atoms with Gasteiger partial charge in [0.05, 0.1) is 28.4 Å². The summed E-state index contributed by atoms with van der Waals surface area (Å²) in [6.07, 6.45) is 0. The molecule has 0 atom stereocenters. The number of nitrogens with zero attached hydrogens (tertiary/aromatic N) is 1. The Balaban J connectivity index is 2.45. The SMILES string of the molecule is COc1ccc2c(C(=O)O)c(C)c(-c3ccccc3)nc2c1Br. The zero-order chi connectivity index (χ0) is 16.6. The summed E-state index contributed by atoms with van der Waals surface area (Å²) in [5.74, 6) is -0.353. The molecule has 1 heterocycles. The van der Waals surface area contributed by atoms with Gasteiger partial charge in [-0.2, -0.15) is 0 Å². The van der Waals surface area contributed by atoms with Crippen LogP contribution in [0.3, 0.4) is 0 Å². The fourth-order valence-electron chi connectivity index (χ4n) is 2.68. The van der Waals surface area contributed by atoms with Gasteiger partial charge in [0.2, 0.25) is 0 Å². The topological polar surface area (TPSA) is 59.4 Å². The first kappa shape index (κ1) is 15.5. The molecule has 0 radical (unpaired) electrons. The molecule has 0 unspecified atom stereocenters. The smallest absolute Gasteiger partial charge is 0.336 e. The van der Waals surface area contributed by atoms with Crippen LogP contribution in [-0.2, 0) is 0 Å². The van der Waals surface area contributed by atoms with Crippen molar-refractivity contribution < 1.29 is 14.6 Å². The monoisotopic (exact) mass is 371 g/mol. The zero-order valence-corrected chi connectivity index (χ0v) is 14.2. The van der Waals surface area contributed by atoms with Gasteiger partial charge in [-0.05, 0) is 40.5 Å². The highest BCUT2D eigenvalue weighted by atomic mass is 79.9. The quantitative estimate of drug-likeness (QED) is 0.725. The molecule has 0 aliphatic heterocycles. The predicted molar refractivity (Wildman–Crippen MR) is 93.1 cm³/mol. The van der Waals surface area contributed by atoms with Crippen LogP contribution in [0.2, 0.25) is 0 Å². The summed E-state index contributed by atoms with van der Waals surface area (Å²) < 4.78 is 5.95. The lowest BCUT2D eigenvalue weighted by atomic mass is 9.98. The van der Waals surface area contributed by atoms with Crippen molar-refractivity contribution in [2.75, 3.05) is 7.11 Å². The van der Waals surface area contributed by atoms with E-state index in [0.717, 1.165) is 5.56 Å². The molecule has 116 valence electrons. The van der Waals surface area contributed by atoms with Gasteiger partial charge in [-0.15, -0.1) is 0 Å². The van der Waals surface area contributed by atoms with Gasteiger partial charge in [0.1, 0.15) is 5.75 Å². The Kier molecular flexibility index (Phi) is 4.05. The number of fused-ring (bicyclic) bond motifs is 1. The van der Waals surface area contributed by atoms with Crippen molar-refractivity contribution in [3.63, 3.8) is 0 Å². The third-order valence-electron chi connectivity index (χ3n) is 3.78. The number of aromatic nitrogens is 1. The number of carbonyl (C=O) groups is 1. The molecular formula is C18H14BrNO3. The number of carboxylic acids is 1. The molecule has 0 spiro atoms. The predicted octanol–water partition coefficient (Wildman–Crippen LogP) is 4.68. The van der Waals surface area contributed by atoms with Crippen LogP contribution < -0.4 is 4.74 Å². The summed E-state index contributed by atoms with van der Waals surface area (Å²) in [7, 11) is 1.57. The number of methoxy groups -OCH3 is 1. The van der Waals surface area contributed by atoms with E-state index in [4.69, 9.17) is 9.72 Å². The van der Waals surface area contributed by atoms with E-state index in [9.17, 15) is 9.90 Å². The molecule has 1 aromatic heterocycles. The standard InChI is InChI=1S/C18H14BrNO3/c1-10-14(18(21)22)12-8-9-13(23-2)15(19)17(12)20-16(10)11-6-4-3-5-7-11/h3-9H,1-2H3,(H,21,22). The lowest BCUT2D eigenvalue weighted by Crippen LogP contribution is -2.05. The Labute approximate surface area is 141 Å². The molecule has 23 heavy (non-hydrogen) atoms. The fourth-order valence-corrected chi connectivity index (χ4v) is 3.28. The van der Waals surface area contributed by atoms with E-state index >= 15 is 0 Å². The average molecular weight is 372 g/mol. The second kappa shape index (κ2) is 6.01. The van der Waals surface area contributed by atoms with Crippen LogP contribution in [0, 0.1) is 6.92 Å². The van der Waals surface area contributed by atoms with Crippen LogP contribution in [0.4, 0.5) is 0 Å². The molecule has 0 bridgehead atoms. The molecule has 2 aromatic carbocycles. The van der Waals surface area contributed by atoms with Gasteiger partial charge in [-0.1, -0.05) is 30.3 Å². The second-order valence-electron chi connectivity index (χ2n) is 5.11. The Bertz CT molecular complexity index is 907. The lowest BCUT2D eigenvalue weighted by Gasteiger charge is -2.14. The molecule has 0 fully saturated rings. The van der Waals surface area contributed by atoms with Gasteiger partial charge in [-0.25, -0.2) is 9.78 Å². The van der Waals surface area contributed by atoms with E-state index in [1.807, 2.05) is 30.3 Å². The number of ether oxygens (including phenoxy) is 1. The lowest BCUT2D eigenvalue weighted by molar-refractivity contribution is 0.0698. The van der Waals surface area contributed by atoms with Crippen LogP contribution in [0.25, 0.3) is 22.2 Å². The van der Waals surface area contributed by atoms with Crippen LogP contribution in [0.1, 0.15) is 15.9 Å². The molecule has 0 saturated heterocycles. The van der Waals surface area contributed by atoms with E-state index in [1.54, 1.807) is 26.2 Å². The van der Waals surface area contributed by atoms with E-state index in [-0.39, 0.29) is 5.56 Å². The van der Waals surface area contributed by atoms with Gasteiger partial charge in [0.15, 0.2) is 0 Å². The number of pyridine rings is 1. The van der Waals surface area contributed by atoms with Crippen molar-refractivity contribution in [1.29, 1.82) is 0 Å². The van der Waals surface area contributed by atoms with Crippen molar-refractivity contribution >= 4 is 32.8 Å². The number of carboxylic acid groups (broad SMARTS) is 1. The molecule has 4 nitrogen and oxygen atoms in total. The molecular weight excluding hydrogens is 358 g/mol. The Morgan fingerprint density at radius 3 is 2.48 bits per heavy atom. The highest BCUT2D eigenvalue weighted by molar-refractivity contribution is 9.10. The molecule has 1 N–H and O–H groups in total. The average Bonchev–Trinajstić information content (AvgIpc) is 2.55. The van der Waals surface area contributed by atoms with E-state index < -0.39 is 5.97 Å². The van der Waals surface area contributed by atoms with Crippen molar-refractivity contribution in [3.8, 4) is 17.0 Å². The maximum Gasteiger partial charge on any atom is 0.336 e. The first-order valence-corrected chi connectivity index (χ1v) is 7.79. The van der Waals surface area contributed by atoms with Crippen LogP contribution in [-0.4, -0.2) is 23.2 Å². The van der Waals surface area contributed by atoms with Crippen LogP contribution in [0.5, 0.6) is 5.75 Å². The summed E-state index contributed by atoms with van der Waals surface area (Å²) in [5.41, 5.74) is 3.02. The number of halogens is 1. The normalized spacial score (nSPS) is 10.7. The number of aromatic carboxylic acids is 1. The molecule has 0 aliphatic rings. The summed E-state index contributed by atoms with van der Waals surface area (Å²) in [5, 5.41) is 10.3. The first-order valence-electron chi connectivity index (χ1n) is 7.00. The Morgan fingerprint density at radius 1 is 1.17 bits per heavy atom. The molecule has 0 saturated carbocycles. The number of hydrogen-bond donors (Lipinski definition) is 1. The molecule has 3 aromatic rings. The first-order chi connectivity index (χ1) is 11.0. The molecule has 5 heteroatoms. The van der Waals surface area contributed by atoms with Crippen molar-refractivity contribution in [3.05, 3.63) is 58.1 Å².